The van der Waals surface area contributed by atoms with Crippen molar-refractivity contribution in [2.24, 2.45) is 5.92 Å². The standard InChI is InChI=1S/C13H17F2NO2/c1-3-4-8(2)7-18-13(17)12-10(14)5-9(16)6-11(12)15/h5-6,8H,3-4,7,16H2,1-2H3. The Morgan fingerprint density at radius 1 is 1.39 bits per heavy atom. The Kier molecular flexibility index (Phi) is 5.07. The number of halogens is 2. The molecule has 0 aliphatic heterocycles. The van der Waals surface area contributed by atoms with Gasteiger partial charge in [0.15, 0.2) is 0 Å². The number of ether oxygens (including phenoxy) is 1. The zero-order valence-corrected chi connectivity index (χ0v) is 10.5. The normalized spacial score (nSPS) is 12.2. The van der Waals surface area contributed by atoms with Gasteiger partial charge >= 0.3 is 5.97 Å². The Hall–Kier alpha value is -1.65. The number of nitrogens with two attached hydrogens (primary N) is 1. The first kappa shape index (κ1) is 14.4. The molecule has 0 radical (unpaired) electrons. The van der Waals surface area contributed by atoms with Crippen LogP contribution >= 0.6 is 0 Å². The molecule has 1 aromatic rings. The molecule has 1 unspecified atom stereocenters. The fourth-order valence-corrected chi connectivity index (χ4v) is 1.65. The van der Waals surface area contributed by atoms with E-state index in [1.54, 1.807) is 0 Å². The lowest BCUT2D eigenvalue weighted by Gasteiger charge is -2.11. The molecule has 0 aromatic heterocycles. The number of carbonyl (C=O) groups excluding carboxylic acids is 1. The van der Waals surface area contributed by atoms with Crippen molar-refractivity contribution in [2.75, 3.05) is 12.3 Å². The van der Waals surface area contributed by atoms with E-state index < -0.39 is 23.2 Å². The fourth-order valence-electron chi connectivity index (χ4n) is 1.65. The molecular formula is C13H17F2NO2. The third-order valence-corrected chi connectivity index (χ3v) is 2.55. The Morgan fingerprint density at radius 2 is 1.94 bits per heavy atom. The highest BCUT2D eigenvalue weighted by Gasteiger charge is 2.20. The average Bonchev–Trinajstić information content (AvgIpc) is 2.25. The van der Waals surface area contributed by atoms with Gasteiger partial charge < -0.3 is 10.5 Å². The highest BCUT2D eigenvalue weighted by molar-refractivity contribution is 5.90. The lowest BCUT2D eigenvalue weighted by molar-refractivity contribution is 0.0432. The first-order valence-electron chi connectivity index (χ1n) is 5.87. The largest absolute Gasteiger partial charge is 0.462 e. The van der Waals surface area contributed by atoms with E-state index in [4.69, 9.17) is 10.5 Å². The molecule has 0 saturated heterocycles. The van der Waals surface area contributed by atoms with E-state index in [1.807, 2.05) is 13.8 Å². The number of carbonyl (C=O) groups is 1. The summed E-state index contributed by atoms with van der Waals surface area (Å²) in [5.41, 5.74) is 4.50. The summed E-state index contributed by atoms with van der Waals surface area (Å²) < 4.78 is 31.7. The van der Waals surface area contributed by atoms with Crippen molar-refractivity contribution in [3.63, 3.8) is 0 Å². The third-order valence-electron chi connectivity index (χ3n) is 2.55. The van der Waals surface area contributed by atoms with E-state index in [-0.39, 0.29) is 18.2 Å². The average molecular weight is 257 g/mol. The molecule has 1 atom stereocenters. The second-order valence-electron chi connectivity index (χ2n) is 4.35. The van der Waals surface area contributed by atoms with Crippen molar-refractivity contribution >= 4 is 11.7 Å². The third kappa shape index (κ3) is 3.68. The molecule has 0 aliphatic carbocycles. The summed E-state index contributed by atoms with van der Waals surface area (Å²) in [5.74, 6) is -2.83. The number of hydrogen-bond donors (Lipinski definition) is 1. The maximum Gasteiger partial charge on any atom is 0.344 e. The second kappa shape index (κ2) is 6.33. The van der Waals surface area contributed by atoms with Gasteiger partial charge in [-0.1, -0.05) is 20.3 Å². The molecule has 18 heavy (non-hydrogen) atoms. The molecule has 3 nitrogen and oxygen atoms in total. The van der Waals surface area contributed by atoms with Gasteiger partial charge in [-0.05, 0) is 24.5 Å². The van der Waals surface area contributed by atoms with Gasteiger partial charge in [-0.2, -0.15) is 0 Å². The smallest absolute Gasteiger partial charge is 0.344 e. The molecule has 0 bridgehead atoms. The van der Waals surface area contributed by atoms with Crippen molar-refractivity contribution in [3.8, 4) is 0 Å². The molecule has 0 heterocycles. The van der Waals surface area contributed by atoms with E-state index in [0.717, 1.165) is 25.0 Å². The van der Waals surface area contributed by atoms with Crippen LogP contribution in [-0.2, 0) is 4.74 Å². The number of anilines is 1. The summed E-state index contributed by atoms with van der Waals surface area (Å²) in [6, 6.07) is 1.80. The van der Waals surface area contributed by atoms with E-state index in [0.29, 0.717) is 0 Å². The Balaban J connectivity index is 2.73. The van der Waals surface area contributed by atoms with Crippen LogP contribution in [0.2, 0.25) is 0 Å². The Bertz CT molecular complexity index is 412. The predicted octanol–water partition coefficient (Wildman–Crippen LogP) is 3.14. The van der Waals surface area contributed by atoms with Gasteiger partial charge in [0.25, 0.3) is 0 Å². The molecule has 1 rings (SSSR count). The van der Waals surface area contributed by atoms with Gasteiger partial charge in [-0.15, -0.1) is 0 Å². The van der Waals surface area contributed by atoms with Crippen LogP contribution in [0, 0.1) is 17.6 Å². The van der Waals surface area contributed by atoms with Gasteiger partial charge in [-0.25, -0.2) is 13.6 Å². The summed E-state index contributed by atoms with van der Waals surface area (Å²) in [6.07, 6.45) is 1.85. The van der Waals surface area contributed by atoms with Crippen molar-refractivity contribution in [1.29, 1.82) is 0 Å². The van der Waals surface area contributed by atoms with Gasteiger partial charge in [0.2, 0.25) is 0 Å². The molecule has 1 aromatic carbocycles. The van der Waals surface area contributed by atoms with Crippen LogP contribution in [0.4, 0.5) is 14.5 Å². The van der Waals surface area contributed by atoms with E-state index in [9.17, 15) is 13.6 Å². The maximum absolute atomic E-state index is 13.4. The van der Waals surface area contributed by atoms with Gasteiger partial charge in [0, 0.05) is 5.69 Å². The quantitative estimate of drug-likeness (QED) is 0.651. The Labute approximate surface area is 105 Å². The molecule has 0 aliphatic rings. The summed E-state index contributed by atoms with van der Waals surface area (Å²) in [5, 5.41) is 0. The monoisotopic (exact) mass is 257 g/mol. The summed E-state index contributed by atoms with van der Waals surface area (Å²) in [7, 11) is 0. The molecule has 100 valence electrons. The first-order valence-corrected chi connectivity index (χ1v) is 5.87. The second-order valence-corrected chi connectivity index (χ2v) is 4.35. The molecule has 0 fully saturated rings. The minimum Gasteiger partial charge on any atom is -0.462 e. The Morgan fingerprint density at radius 3 is 2.44 bits per heavy atom. The lowest BCUT2D eigenvalue weighted by Crippen LogP contribution is -2.15. The molecule has 0 amide bonds. The van der Waals surface area contributed by atoms with Crippen LogP contribution in [0.5, 0.6) is 0 Å². The summed E-state index contributed by atoms with van der Waals surface area (Å²) in [4.78, 5) is 11.6. The van der Waals surface area contributed by atoms with Crippen molar-refractivity contribution in [1.82, 2.24) is 0 Å². The van der Waals surface area contributed by atoms with Gasteiger partial charge in [0.1, 0.15) is 17.2 Å². The van der Waals surface area contributed by atoms with Crippen LogP contribution in [0.1, 0.15) is 37.0 Å². The van der Waals surface area contributed by atoms with Crippen LogP contribution in [-0.4, -0.2) is 12.6 Å². The zero-order chi connectivity index (χ0) is 13.7. The highest BCUT2D eigenvalue weighted by Crippen LogP contribution is 2.18. The fraction of sp³-hybridized carbons (Fsp3) is 0.462. The predicted molar refractivity (Wildman–Crippen MR) is 65.1 cm³/mol. The topological polar surface area (TPSA) is 52.3 Å². The zero-order valence-electron chi connectivity index (χ0n) is 10.5. The van der Waals surface area contributed by atoms with Crippen molar-refractivity contribution in [2.45, 2.75) is 26.7 Å². The van der Waals surface area contributed by atoms with Crippen molar-refractivity contribution < 1.29 is 18.3 Å². The van der Waals surface area contributed by atoms with E-state index in [2.05, 4.69) is 0 Å². The number of nitrogen functional groups attached to an aromatic ring is 1. The molecule has 0 saturated carbocycles. The van der Waals surface area contributed by atoms with Gasteiger partial charge in [0.05, 0.1) is 6.61 Å². The van der Waals surface area contributed by atoms with Crippen LogP contribution in [0.25, 0.3) is 0 Å². The summed E-state index contributed by atoms with van der Waals surface area (Å²) >= 11 is 0. The van der Waals surface area contributed by atoms with E-state index >= 15 is 0 Å². The van der Waals surface area contributed by atoms with E-state index in [1.165, 1.54) is 0 Å². The number of esters is 1. The molecule has 5 heteroatoms. The first-order chi connectivity index (χ1) is 8.45. The maximum atomic E-state index is 13.4. The van der Waals surface area contributed by atoms with Crippen molar-refractivity contribution in [3.05, 3.63) is 29.3 Å². The van der Waals surface area contributed by atoms with Crippen LogP contribution in [0.3, 0.4) is 0 Å². The molecule has 2 N–H and O–H groups in total. The van der Waals surface area contributed by atoms with Gasteiger partial charge in [-0.3, -0.25) is 0 Å². The minimum absolute atomic E-state index is 0.0686. The minimum atomic E-state index is -0.999. The SMILES string of the molecule is CCCC(C)COC(=O)c1c(F)cc(N)cc1F. The van der Waals surface area contributed by atoms with Crippen LogP contribution < -0.4 is 5.73 Å². The molecule has 0 spiro atoms. The highest BCUT2D eigenvalue weighted by atomic mass is 19.1. The number of hydrogen-bond acceptors (Lipinski definition) is 3. The number of rotatable bonds is 5. The number of benzene rings is 1. The summed E-state index contributed by atoms with van der Waals surface area (Å²) in [6.45, 7) is 4.07. The lowest BCUT2D eigenvalue weighted by atomic mass is 10.1. The molecular weight excluding hydrogens is 240 g/mol. The van der Waals surface area contributed by atoms with Crippen LogP contribution in [0.15, 0.2) is 12.1 Å².